The predicted molar refractivity (Wildman–Crippen MR) is 68.9 cm³/mol. The van der Waals surface area contributed by atoms with Gasteiger partial charge in [-0.3, -0.25) is 4.79 Å². The van der Waals surface area contributed by atoms with Crippen molar-refractivity contribution in [2.45, 2.75) is 25.6 Å². The van der Waals surface area contributed by atoms with Gasteiger partial charge in [-0.05, 0) is 32.0 Å². The van der Waals surface area contributed by atoms with Crippen LogP contribution in [0.4, 0.5) is 18.9 Å². The predicted octanol–water partition coefficient (Wildman–Crippen LogP) is 3.83. The van der Waals surface area contributed by atoms with E-state index in [1.807, 2.05) is 0 Å². The largest absolute Gasteiger partial charge is 0.416 e. The molecule has 1 N–H and O–H groups in total. The third-order valence-corrected chi connectivity index (χ3v) is 3.00. The summed E-state index contributed by atoms with van der Waals surface area (Å²) in [4.78, 5) is 11.8. The second-order valence-electron chi connectivity index (χ2n) is 4.39. The molecule has 0 aliphatic rings. The summed E-state index contributed by atoms with van der Waals surface area (Å²) in [6.07, 6.45) is -4.47. The average Bonchev–Trinajstić information content (AvgIpc) is 2.27. The number of ether oxygens (including phenoxy) is 1. The van der Waals surface area contributed by atoms with E-state index in [0.29, 0.717) is 0 Å². The summed E-state index contributed by atoms with van der Waals surface area (Å²) >= 11 is 2.98. The lowest BCUT2D eigenvalue weighted by Gasteiger charge is -2.22. The molecule has 3 nitrogen and oxygen atoms in total. The zero-order chi connectivity index (χ0) is 14.8. The van der Waals surface area contributed by atoms with Gasteiger partial charge in [0.2, 0.25) is 0 Å². The SMILES string of the molecule is COC(C)(C)C(=O)Nc1cc(Br)cc(C(F)(F)F)c1. The van der Waals surface area contributed by atoms with Crippen molar-refractivity contribution in [1.29, 1.82) is 0 Å². The van der Waals surface area contributed by atoms with E-state index in [0.717, 1.165) is 12.1 Å². The Bertz CT molecular complexity index is 486. The Labute approximate surface area is 117 Å². The molecule has 0 saturated heterocycles. The molecule has 0 unspecified atom stereocenters. The maximum Gasteiger partial charge on any atom is 0.416 e. The Morgan fingerprint density at radius 1 is 1.26 bits per heavy atom. The highest BCUT2D eigenvalue weighted by molar-refractivity contribution is 9.10. The van der Waals surface area contributed by atoms with Crippen LogP contribution >= 0.6 is 15.9 Å². The first kappa shape index (κ1) is 16.0. The maximum absolute atomic E-state index is 12.6. The quantitative estimate of drug-likeness (QED) is 0.908. The van der Waals surface area contributed by atoms with Crippen LogP contribution in [0, 0.1) is 0 Å². The number of nitrogens with one attached hydrogen (secondary N) is 1. The topological polar surface area (TPSA) is 38.3 Å². The van der Waals surface area contributed by atoms with E-state index in [-0.39, 0.29) is 10.2 Å². The van der Waals surface area contributed by atoms with Crippen LogP contribution in [-0.4, -0.2) is 18.6 Å². The fraction of sp³-hybridized carbons (Fsp3) is 0.417. The minimum atomic E-state index is -4.47. The number of hydrogen-bond acceptors (Lipinski definition) is 2. The molecule has 7 heteroatoms. The summed E-state index contributed by atoms with van der Waals surface area (Å²) in [6.45, 7) is 3.04. The van der Waals surface area contributed by atoms with Crippen molar-refractivity contribution in [3.05, 3.63) is 28.2 Å². The lowest BCUT2D eigenvalue weighted by molar-refractivity contribution is -0.137. The summed E-state index contributed by atoms with van der Waals surface area (Å²) in [5.41, 5.74) is -1.91. The van der Waals surface area contributed by atoms with E-state index < -0.39 is 23.2 Å². The number of alkyl halides is 3. The smallest absolute Gasteiger partial charge is 0.369 e. The van der Waals surface area contributed by atoms with Gasteiger partial charge in [0.15, 0.2) is 0 Å². The Balaban J connectivity index is 3.03. The molecule has 0 bridgehead atoms. The first-order valence-corrected chi connectivity index (χ1v) is 6.10. The second kappa shape index (κ2) is 5.50. The summed E-state index contributed by atoms with van der Waals surface area (Å²) in [7, 11) is 1.35. The van der Waals surface area contributed by atoms with Crippen LogP contribution in [0.1, 0.15) is 19.4 Å². The molecule has 1 amide bonds. The van der Waals surface area contributed by atoms with Gasteiger partial charge in [0.05, 0.1) is 5.56 Å². The van der Waals surface area contributed by atoms with Crippen LogP contribution in [0.15, 0.2) is 22.7 Å². The van der Waals surface area contributed by atoms with Crippen molar-refractivity contribution >= 4 is 27.5 Å². The van der Waals surface area contributed by atoms with Gasteiger partial charge in [-0.2, -0.15) is 13.2 Å². The second-order valence-corrected chi connectivity index (χ2v) is 5.31. The number of carbonyl (C=O) groups is 1. The molecule has 0 heterocycles. The first-order valence-electron chi connectivity index (χ1n) is 5.30. The van der Waals surface area contributed by atoms with Gasteiger partial charge in [0.1, 0.15) is 5.60 Å². The third-order valence-electron chi connectivity index (χ3n) is 2.54. The molecule has 0 aliphatic carbocycles. The normalized spacial score (nSPS) is 12.4. The number of rotatable bonds is 3. The molecule has 0 radical (unpaired) electrons. The number of anilines is 1. The number of carbonyl (C=O) groups excluding carboxylic acids is 1. The minimum absolute atomic E-state index is 0.0526. The molecule has 0 saturated carbocycles. The van der Waals surface area contributed by atoms with E-state index in [2.05, 4.69) is 21.2 Å². The zero-order valence-electron chi connectivity index (χ0n) is 10.6. The molecule has 1 aromatic carbocycles. The van der Waals surface area contributed by atoms with Gasteiger partial charge in [-0.15, -0.1) is 0 Å². The average molecular weight is 340 g/mol. The van der Waals surface area contributed by atoms with Gasteiger partial charge in [0, 0.05) is 17.3 Å². The zero-order valence-corrected chi connectivity index (χ0v) is 12.1. The minimum Gasteiger partial charge on any atom is -0.369 e. The molecule has 0 atom stereocenters. The van der Waals surface area contributed by atoms with Crippen molar-refractivity contribution in [2.75, 3.05) is 12.4 Å². The fourth-order valence-corrected chi connectivity index (χ4v) is 1.69. The molecule has 1 aromatic rings. The van der Waals surface area contributed by atoms with E-state index in [4.69, 9.17) is 4.74 Å². The van der Waals surface area contributed by atoms with Crippen LogP contribution in [0.25, 0.3) is 0 Å². The van der Waals surface area contributed by atoms with Crippen LogP contribution in [0.3, 0.4) is 0 Å². The van der Waals surface area contributed by atoms with E-state index in [1.165, 1.54) is 27.0 Å². The highest BCUT2D eigenvalue weighted by Crippen LogP contribution is 2.33. The van der Waals surface area contributed by atoms with Gasteiger partial charge >= 0.3 is 6.18 Å². The van der Waals surface area contributed by atoms with Crippen LogP contribution < -0.4 is 5.32 Å². The Hall–Kier alpha value is -1.08. The molecule has 0 aromatic heterocycles. The monoisotopic (exact) mass is 339 g/mol. The van der Waals surface area contributed by atoms with Crippen LogP contribution in [0.5, 0.6) is 0 Å². The van der Waals surface area contributed by atoms with Crippen molar-refractivity contribution < 1.29 is 22.7 Å². The summed E-state index contributed by atoms with van der Waals surface area (Å²) in [5.74, 6) is -0.527. The van der Waals surface area contributed by atoms with Gasteiger partial charge in [-0.1, -0.05) is 15.9 Å². The van der Waals surface area contributed by atoms with Crippen molar-refractivity contribution in [2.24, 2.45) is 0 Å². The van der Waals surface area contributed by atoms with Gasteiger partial charge < -0.3 is 10.1 Å². The highest BCUT2D eigenvalue weighted by Gasteiger charge is 2.32. The van der Waals surface area contributed by atoms with Crippen molar-refractivity contribution in [3.8, 4) is 0 Å². The number of halogens is 4. The summed E-state index contributed by atoms with van der Waals surface area (Å²) in [6, 6.07) is 3.20. The fourth-order valence-electron chi connectivity index (χ4n) is 1.20. The van der Waals surface area contributed by atoms with Crippen molar-refractivity contribution in [3.63, 3.8) is 0 Å². The van der Waals surface area contributed by atoms with Crippen LogP contribution in [0.2, 0.25) is 0 Å². The molecule has 106 valence electrons. The molecule has 1 rings (SSSR count). The van der Waals surface area contributed by atoms with Crippen LogP contribution in [-0.2, 0) is 15.7 Å². The standard InChI is InChI=1S/C12H13BrF3NO2/c1-11(2,19-3)10(18)17-9-5-7(12(14,15)16)4-8(13)6-9/h4-6H,1-3H3,(H,17,18). The number of methoxy groups -OCH3 is 1. The Morgan fingerprint density at radius 3 is 2.32 bits per heavy atom. The van der Waals surface area contributed by atoms with Crippen molar-refractivity contribution in [1.82, 2.24) is 0 Å². The third kappa shape index (κ3) is 4.21. The summed E-state index contributed by atoms with van der Waals surface area (Å²) < 4.78 is 43.1. The molecular formula is C12H13BrF3NO2. The number of amides is 1. The Kier molecular flexibility index (Phi) is 4.63. The van der Waals surface area contributed by atoms with E-state index in [9.17, 15) is 18.0 Å². The molecule has 0 fully saturated rings. The lowest BCUT2D eigenvalue weighted by atomic mass is 10.1. The molecule has 0 spiro atoms. The highest BCUT2D eigenvalue weighted by atomic mass is 79.9. The van der Waals surface area contributed by atoms with E-state index in [1.54, 1.807) is 0 Å². The van der Waals surface area contributed by atoms with Gasteiger partial charge in [-0.25, -0.2) is 0 Å². The van der Waals surface area contributed by atoms with Gasteiger partial charge in [0.25, 0.3) is 5.91 Å². The lowest BCUT2D eigenvalue weighted by Crippen LogP contribution is -2.38. The number of hydrogen-bond donors (Lipinski definition) is 1. The summed E-state index contributed by atoms with van der Waals surface area (Å²) in [5, 5.41) is 2.39. The first-order chi connectivity index (χ1) is 8.56. The maximum atomic E-state index is 12.6. The molecule has 0 aliphatic heterocycles. The number of benzene rings is 1. The van der Waals surface area contributed by atoms with E-state index >= 15 is 0 Å². The Morgan fingerprint density at radius 2 is 1.84 bits per heavy atom. The molecule has 19 heavy (non-hydrogen) atoms. The molecular weight excluding hydrogens is 327 g/mol.